The number of benzene rings is 8. The lowest BCUT2D eigenvalue weighted by Crippen LogP contribution is -2.22. The minimum atomic E-state index is 0.750. The van der Waals surface area contributed by atoms with Gasteiger partial charge in [0, 0.05) is 44.1 Å². The molecular formula is C51H33NOS. The molecule has 54 heavy (non-hydrogen) atoms. The van der Waals surface area contributed by atoms with E-state index in [1.807, 2.05) is 11.3 Å². The minimum absolute atomic E-state index is 0.750. The van der Waals surface area contributed by atoms with Gasteiger partial charge in [-0.3, -0.25) is 0 Å². The predicted octanol–water partition coefficient (Wildman–Crippen LogP) is 12.9. The smallest absolute Gasteiger partial charge is 0.135 e. The maximum absolute atomic E-state index is 6.65. The minimum Gasteiger partial charge on any atom is -0.460 e. The zero-order valence-corrected chi connectivity index (χ0v) is 30.2. The molecule has 1 aliphatic carbocycles. The van der Waals surface area contributed by atoms with E-state index in [0.717, 1.165) is 56.9 Å². The standard InChI is InChI=1S/C51H33NOS/c1-3-14-35-30-38(27-26-33(35)12-1)36-16-9-17-39(31-36)52(46-23-10-21-43-41-19-6-8-25-49(41)54-51(43)46)45-22-7-5-18-40(45)42-20-11-24-48-50(42)44-32-37-15-4-2-13-34(37)28-29-47(44)53-48/h1-28,30-32H,29H2. The highest BCUT2D eigenvalue weighted by atomic mass is 32.1. The SMILES string of the molecule is C1=c2ccccc2=Cc2c(oc3cccc(-c4ccccc4N(c4cccc(-c5ccc6ccccc6c5)c4)c4cccc5c4sc4ccccc45)c23)C1. The largest absolute Gasteiger partial charge is 0.460 e. The van der Waals surface area contributed by atoms with Crippen LogP contribution in [0.5, 0.6) is 0 Å². The van der Waals surface area contributed by atoms with Gasteiger partial charge in [0.1, 0.15) is 11.3 Å². The molecular weight excluding hydrogens is 675 g/mol. The Morgan fingerprint density at radius 2 is 1.24 bits per heavy atom. The number of thiophene rings is 1. The number of rotatable bonds is 5. The lowest BCUT2D eigenvalue weighted by molar-refractivity contribution is 0.568. The van der Waals surface area contributed by atoms with E-state index >= 15 is 0 Å². The number of para-hydroxylation sites is 1. The molecule has 3 heteroatoms. The molecule has 0 aliphatic heterocycles. The van der Waals surface area contributed by atoms with Crippen molar-refractivity contribution in [1.82, 2.24) is 0 Å². The third kappa shape index (κ3) is 5.01. The summed E-state index contributed by atoms with van der Waals surface area (Å²) in [5.41, 5.74) is 10.1. The number of fused-ring (bicyclic) bond motifs is 8. The Morgan fingerprint density at radius 1 is 0.519 bits per heavy atom. The zero-order valence-electron chi connectivity index (χ0n) is 29.4. The maximum Gasteiger partial charge on any atom is 0.135 e. The Bertz CT molecular complexity index is 3220. The summed E-state index contributed by atoms with van der Waals surface area (Å²) in [5.74, 6) is 1.00. The molecule has 0 spiro atoms. The average Bonchev–Trinajstić information content (AvgIpc) is 3.73. The van der Waals surface area contributed by atoms with Gasteiger partial charge in [-0.2, -0.15) is 0 Å². The van der Waals surface area contributed by atoms with Gasteiger partial charge in [-0.25, -0.2) is 0 Å². The molecule has 2 nitrogen and oxygen atoms in total. The normalized spacial score (nSPS) is 12.3. The highest BCUT2D eigenvalue weighted by Crippen LogP contribution is 2.49. The summed E-state index contributed by atoms with van der Waals surface area (Å²) in [6.07, 6.45) is 5.35. The third-order valence-electron chi connectivity index (χ3n) is 10.9. The van der Waals surface area contributed by atoms with E-state index in [1.54, 1.807) is 0 Å². The maximum atomic E-state index is 6.65. The molecule has 2 heterocycles. The molecule has 254 valence electrons. The molecule has 1 aliphatic rings. The van der Waals surface area contributed by atoms with E-state index in [4.69, 9.17) is 4.42 Å². The predicted molar refractivity (Wildman–Crippen MR) is 230 cm³/mol. The van der Waals surface area contributed by atoms with Gasteiger partial charge in [0.15, 0.2) is 0 Å². The highest BCUT2D eigenvalue weighted by molar-refractivity contribution is 7.26. The van der Waals surface area contributed by atoms with Gasteiger partial charge in [0.25, 0.3) is 0 Å². The summed E-state index contributed by atoms with van der Waals surface area (Å²) in [7, 11) is 0. The van der Waals surface area contributed by atoms with E-state index in [9.17, 15) is 0 Å². The van der Waals surface area contributed by atoms with Crippen LogP contribution in [0.2, 0.25) is 0 Å². The summed E-state index contributed by atoms with van der Waals surface area (Å²) >= 11 is 1.86. The highest BCUT2D eigenvalue weighted by Gasteiger charge is 2.24. The number of nitrogens with zero attached hydrogens (tertiary/aromatic N) is 1. The first-order valence-corrected chi connectivity index (χ1v) is 19.3. The fourth-order valence-electron chi connectivity index (χ4n) is 8.34. The first-order valence-electron chi connectivity index (χ1n) is 18.5. The molecule has 2 aromatic heterocycles. The molecule has 0 bridgehead atoms. The molecule has 0 saturated carbocycles. The molecule has 0 N–H and O–H groups in total. The molecule has 8 aromatic carbocycles. The van der Waals surface area contributed by atoms with Crippen LogP contribution in [0.25, 0.3) is 76.3 Å². The lowest BCUT2D eigenvalue weighted by Gasteiger charge is -2.29. The van der Waals surface area contributed by atoms with Gasteiger partial charge in [0.05, 0.1) is 16.1 Å². The molecule has 0 fully saturated rings. The summed E-state index contributed by atoms with van der Waals surface area (Å²) in [4.78, 5) is 2.47. The molecule has 10 aromatic rings. The van der Waals surface area contributed by atoms with Crippen molar-refractivity contribution in [2.45, 2.75) is 6.42 Å². The second-order valence-corrected chi connectivity index (χ2v) is 15.1. The van der Waals surface area contributed by atoms with Gasteiger partial charge in [-0.05, 0) is 86.4 Å². The monoisotopic (exact) mass is 707 g/mol. The van der Waals surface area contributed by atoms with Crippen LogP contribution in [0.3, 0.4) is 0 Å². The van der Waals surface area contributed by atoms with Crippen molar-refractivity contribution in [3.63, 3.8) is 0 Å². The van der Waals surface area contributed by atoms with Crippen molar-refractivity contribution in [3.05, 3.63) is 198 Å². The Labute approximate surface area is 316 Å². The summed E-state index contributed by atoms with van der Waals surface area (Å²) < 4.78 is 9.20. The summed E-state index contributed by atoms with van der Waals surface area (Å²) in [6, 6.07) is 63.9. The van der Waals surface area contributed by atoms with E-state index in [2.05, 4.69) is 193 Å². The summed E-state index contributed by atoms with van der Waals surface area (Å²) in [6.45, 7) is 0. The molecule has 0 unspecified atom stereocenters. The summed E-state index contributed by atoms with van der Waals surface area (Å²) in [5, 5.41) is 8.64. The van der Waals surface area contributed by atoms with E-state index in [1.165, 1.54) is 52.5 Å². The molecule has 0 radical (unpaired) electrons. The van der Waals surface area contributed by atoms with Gasteiger partial charge in [-0.1, -0.05) is 140 Å². The van der Waals surface area contributed by atoms with Crippen LogP contribution in [-0.4, -0.2) is 0 Å². The number of furan rings is 1. The Kier molecular flexibility index (Phi) is 7.14. The van der Waals surface area contributed by atoms with Crippen molar-refractivity contribution >= 4 is 82.5 Å². The second-order valence-electron chi connectivity index (χ2n) is 14.0. The van der Waals surface area contributed by atoms with Crippen LogP contribution < -0.4 is 15.3 Å². The van der Waals surface area contributed by atoms with Crippen molar-refractivity contribution in [3.8, 4) is 22.3 Å². The lowest BCUT2D eigenvalue weighted by atomic mass is 9.95. The van der Waals surface area contributed by atoms with Gasteiger partial charge < -0.3 is 9.32 Å². The van der Waals surface area contributed by atoms with Crippen molar-refractivity contribution in [2.24, 2.45) is 0 Å². The van der Waals surface area contributed by atoms with Crippen LogP contribution in [0.4, 0.5) is 17.1 Å². The fraction of sp³-hybridized carbons (Fsp3) is 0.0196. The Morgan fingerprint density at radius 3 is 2.20 bits per heavy atom. The topological polar surface area (TPSA) is 16.4 Å². The Hall–Kier alpha value is -6.68. The fourth-order valence-corrected chi connectivity index (χ4v) is 9.55. The second kappa shape index (κ2) is 12.5. The van der Waals surface area contributed by atoms with Crippen molar-refractivity contribution < 1.29 is 4.42 Å². The van der Waals surface area contributed by atoms with Gasteiger partial charge in [0.2, 0.25) is 0 Å². The number of anilines is 3. The van der Waals surface area contributed by atoms with Crippen molar-refractivity contribution in [1.29, 1.82) is 0 Å². The first-order chi connectivity index (χ1) is 26.8. The molecule has 11 rings (SSSR count). The Balaban J connectivity index is 1.17. The van der Waals surface area contributed by atoms with E-state index in [-0.39, 0.29) is 0 Å². The van der Waals surface area contributed by atoms with Crippen LogP contribution in [0, 0.1) is 0 Å². The number of hydrogen-bond donors (Lipinski definition) is 0. The quantitative estimate of drug-likeness (QED) is 0.177. The van der Waals surface area contributed by atoms with Crippen molar-refractivity contribution in [2.75, 3.05) is 4.90 Å². The van der Waals surface area contributed by atoms with E-state index in [0.29, 0.717) is 0 Å². The zero-order chi connectivity index (χ0) is 35.6. The molecule has 0 atom stereocenters. The van der Waals surface area contributed by atoms with Gasteiger partial charge in [-0.15, -0.1) is 11.3 Å². The van der Waals surface area contributed by atoms with Crippen LogP contribution in [-0.2, 0) is 6.42 Å². The van der Waals surface area contributed by atoms with Gasteiger partial charge >= 0.3 is 0 Å². The molecule has 0 amide bonds. The first kappa shape index (κ1) is 30.9. The van der Waals surface area contributed by atoms with E-state index < -0.39 is 0 Å². The number of hydrogen-bond acceptors (Lipinski definition) is 3. The average molecular weight is 708 g/mol. The third-order valence-corrected chi connectivity index (χ3v) is 12.1. The van der Waals surface area contributed by atoms with Crippen LogP contribution >= 0.6 is 11.3 Å². The molecule has 0 saturated heterocycles. The van der Waals surface area contributed by atoms with Crippen LogP contribution in [0.1, 0.15) is 11.3 Å². The van der Waals surface area contributed by atoms with Crippen LogP contribution in [0.15, 0.2) is 180 Å².